The Labute approximate surface area is 214 Å². The summed E-state index contributed by atoms with van der Waals surface area (Å²) in [7, 11) is 0. The summed E-state index contributed by atoms with van der Waals surface area (Å²) in [5, 5.41) is 9.90. The fraction of sp³-hybridized carbons (Fsp3) is 0.111. The Kier molecular flexibility index (Phi) is 5.79. The summed E-state index contributed by atoms with van der Waals surface area (Å²) in [5.74, 6) is -0.776. The second-order valence-electron chi connectivity index (χ2n) is 8.70. The molecule has 5 heterocycles. The van der Waals surface area contributed by atoms with E-state index in [-0.39, 0.29) is 28.3 Å². The second-order valence-corrected chi connectivity index (χ2v) is 8.70. The van der Waals surface area contributed by atoms with E-state index in [9.17, 15) is 9.18 Å². The molecule has 0 unspecified atom stereocenters. The second kappa shape index (κ2) is 9.43. The molecule has 188 valence electrons. The third-order valence-corrected chi connectivity index (χ3v) is 6.06. The van der Waals surface area contributed by atoms with Gasteiger partial charge in [0.1, 0.15) is 22.8 Å². The van der Waals surface area contributed by atoms with Gasteiger partial charge in [-0.05, 0) is 30.7 Å². The van der Waals surface area contributed by atoms with E-state index in [1.165, 1.54) is 30.7 Å². The largest absolute Gasteiger partial charge is 0.337 e. The van der Waals surface area contributed by atoms with Gasteiger partial charge in [0.2, 0.25) is 5.91 Å². The van der Waals surface area contributed by atoms with Crippen LogP contribution in [0.25, 0.3) is 56.0 Å². The van der Waals surface area contributed by atoms with Crippen molar-refractivity contribution in [3.8, 4) is 33.9 Å². The Bertz CT molecular complexity index is 1830. The molecule has 6 rings (SSSR count). The van der Waals surface area contributed by atoms with Crippen LogP contribution in [0, 0.1) is 11.6 Å². The fourth-order valence-corrected chi connectivity index (χ4v) is 4.33. The van der Waals surface area contributed by atoms with Gasteiger partial charge in [-0.3, -0.25) is 19.9 Å². The van der Waals surface area contributed by atoms with E-state index in [4.69, 9.17) is 0 Å². The number of aromatic amines is 2. The Morgan fingerprint density at radius 1 is 1.05 bits per heavy atom. The van der Waals surface area contributed by atoms with Crippen LogP contribution in [-0.4, -0.2) is 41.0 Å². The number of benzene rings is 1. The van der Waals surface area contributed by atoms with Crippen LogP contribution in [-0.2, 0) is 4.79 Å². The van der Waals surface area contributed by atoms with E-state index in [0.717, 1.165) is 0 Å². The minimum atomic E-state index is -0.568. The number of amides is 1. The lowest BCUT2D eigenvalue weighted by molar-refractivity contribution is -0.116. The van der Waals surface area contributed by atoms with Crippen LogP contribution in [0.3, 0.4) is 0 Å². The van der Waals surface area contributed by atoms with Crippen molar-refractivity contribution in [3.63, 3.8) is 0 Å². The molecule has 0 atom stereocenters. The highest BCUT2D eigenvalue weighted by Gasteiger charge is 2.21. The zero-order valence-electron chi connectivity index (χ0n) is 20.1. The third kappa shape index (κ3) is 4.13. The SMILES string of the molecule is CCCC(=O)Nc1cncc(-c2cnc3n[nH]c(-c4nc5c(-c6cccc(F)c6)nccc5[nH]4)c3c2F)c1. The maximum Gasteiger partial charge on any atom is 0.224 e. The van der Waals surface area contributed by atoms with Crippen LogP contribution in [0.15, 0.2) is 61.2 Å². The van der Waals surface area contributed by atoms with Gasteiger partial charge in [0, 0.05) is 41.7 Å². The number of anilines is 1. The van der Waals surface area contributed by atoms with Gasteiger partial charge in [0.05, 0.1) is 28.5 Å². The van der Waals surface area contributed by atoms with Crippen molar-refractivity contribution in [2.24, 2.45) is 0 Å². The Morgan fingerprint density at radius 2 is 1.95 bits per heavy atom. The van der Waals surface area contributed by atoms with Gasteiger partial charge in [-0.1, -0.05) is 19.1 Å². The van der Waals surface area contributed by atoms with Gasteiger partial charge < -0.3 is 10.3 Å². The molecular formula is C27H20F2N8O. The Balaban J connectivity index is 1.44. The highest BCUT2D eigenvalue weighted by molar-refractivity contribution is 5.97. The van der Waals surface area contributed by atoms with Gasteiger partial charge in [0.25, 0.3) is 0 Å². The molecule has 9 nitrogen and oxygen atoms in total. The molecule has 0 aliphatic carbocycles. The maximum absolute atomic E-state index is 16.0. The van der Waals surface area contributed by atoms with E-state index < -0.39 is 5.82 Å². The number of nitrogens with one attached hydrogen (secondary N) is 3. The average molecular weight is 511 g/mol. The summed E-state index contributed by atoms with van der Waals surface area (Å²) in [5.41, 5.74) is 3.76. The first kappa shape index (κ1) is 23.3. The summed E-state index contributed by atoms with van der Waals surface area (Å²) in [6.07, 6.45) is 7.05. The Morgan fingerprint density at radius 3 is 2.79 bits per heavy atom. The lowest BCUT2D eigenvalue weighted by Crippen LogP contribution is -2.10. The number of carbonyl (C=O) groups is 1. The molecular weight excluding hydrogens is 490 g/mol. The molecule has 0 bridgehead atoms. The molecule has 0 radical (unpaired) electrons. The summed E-state index contributed by atoms with van der Waals surface area (Å²) in [4.78, 5) is 32.7. The molecule has 3 N–H and O–H groups in total. The van der Waals surface area contributed by atoms with Gasteiger partial charge in [0.15, 0.2) is 11.5 Å². The number of rotatable bonds is 6. The molecule has 1 amide bonds. The normalized spacial score (nSPS) is 11.3. The zero-order valence-corrected chi connectivity index (χ0v) is 20.1. The van der Waals surface area contributed by atoms with E-state index in [2.05, 4.69) is 40.4 Å². The number of halogens is 2. The standard InChI is InChI=1S/C27H20F2N8O/c1-2-4-20(38)33-17-10-15(11-30-12-17)18-13-32-26-21(22(18)29)25(36-37-26)27-34-19-7-8-31-23(24(19)35-27)14-5-3-6-16(28)9-14/h3,5-13H,2,4H2,1H3,(H,33,38)(H,34,35)(H,32,36,37). The average Bonchev–Trinajstić information content (AvgIpc) is 3.54. The highest BCUT2D eigenvalue weighted by atomic mass is 19.1. The number of fused-ring (bicyclic) bond motifs is 2. The van der Waals surface area contributed by atoms with Crippen molar-refractivity contribution < 1.29 is 13.6 Å². The molecule has 0 spiro atoms. The number of nitrogens with zero attached hydrogens (tertiary/aromatic N) is 5. The van der Waals surface area contributed by atoms with Gasteiger partial charge in [-0.15, -0.1) is 0 Å². The molecule has 0 aliphatic heterocycles. The number of hydrogen-bond donors (Lipinski definition) is 3. The quantitative estimate of drug-likeness (QED) is 0.266. The van der Waals surface area contributed by atoms with Crippen LogP contribution < -0.4 is 5.32 Å². The molecule has 5 aromatic heterocycles. The van der Waals surface area contributed by atoms with Crippen molar-refractivity contribution in [3.05, 3.63) is 72.8 Å². The number of hydrogen-bond acceptors (Lipinski definition) is 6. The number of pyridine rings is 3. The molecule has 11 heteroatoms. The maximum atomic E-state index is 16.0. The molecule has 6 aromatic rings. The van der Waals surface area contributed by atoms with Crippen LogP contribution in [0.2, 0.25) is 0 Å². The number of H-pyrrole nitrogens is 2. The van der Waals surface area contributed by atoms with Crippen molar-refractivity contribution >= 4 is 33.7 Å². The van der Waals surface area contributed by atoms with Gasteiger partial charge >= 0.3 is 0 Å². The monoisotopic (exact) mass is 510 g/mol. The molecule has 0 aliphatic rings. The first-order valence-electron chi connectivity index (χ1n) is 11.9. The lowest BCUT2D eigenvalue weighted by Gasteiger charge is -2.08. The van der Waals surface area contributed by atoms with Gasteiger partial charge in [-0.25, -0.2) is 18.7 Å². The summed E-state index contributed by atoms with van der Waals surface area (Å²) < 4.78 is 29.8. The third-order valence-electron chi connectivity index (χ3n) is 6.06. The first-order chi connectivity index (χ1) is 18.5. The summed E-state index contributed by atoms with van der Waals surface area (Å²) >= 11 is 0. The molecule has 0 saturated heterocycles. The van der Waals surface area contributed by atoms with E-state index in [1.54, 1.807) is 30.5 Å². The predicted molar refractivity (Wildman–Crippen MR) is 139 cm³/mol. The van der Waals surface area contributed by atoms with Crippen molar-refractivity contribution in [1.29, 1.82) is 0 Å². The minimum absolute atomic E-state index is 0.141. The number of carbonyl (C=O) groups excluding carboxylic acids is 1. The fourth-order valence-electron chi connectivity index (χ4n) is 4.33. The predicted octanol–water partition coefficient (Wildman–Crippen LogP) is 5.64. The van der Waals surface area contributed by atoms with Crippen molar-refractivity contribution in [2.45, 2.75) is 19.8 Å². The zero-order chi connectivity index (χ0) is 26.2. The first-order valence-corrected chi connectivity index (χ1v) is 11.9. The van der Waals surface area contributed by atoms with E-state index >= 15 is 4.39 Å². The lowest BCUT2D eigenvalue weighted by atomic mass is 10.1. The molecule has 0 saturated carbocycles. The highest BCUT2D eigenvalue weighted by Crippen LogP contribution is 2.34. The topological polar surface area (TPSA) is 125 Å². The smallest absolute Gasteiger partial charge is 0.224 e. The van der Waals surface area contributed by atoms with E-state index in [1.807, 2.05) is 6.92 Å². The van der Waals surface area contributed by atoms with Crippen LogP contribution in [0.5, 0.6) is 0 Å². The number of aromatic nitrogens is 7. The van der Waals surface area contributed by atoms with Gasteiger partial charge in [-0.2, -0.15) is 5.10 Å². The molecule has 0 fully saturated rings. The van der Waals surface area contributed by atoms with Crippen LogP contribution >= 0.6 is 0 Å². The Hall–Kier alpha value is -5.06. The van der Waals surface area contributed by atoms with Crippen LogP contribution in [0.4, 0.5) is 14.5 Å². The van der Waals surface area contributed by atoms with E-state index in [0.29, 0.717) is 57.9 Å². The summed E-state index contributed by atoms with van der Waals surface area (Å²) in [6.45, 7) is 1.91. The van der Waals surface area contributed by atoms with Crippen LogP contribution in [0.1, 0.15) is 19.8 Å². The molecule has 1 aromatic carbocycles. The minimum Gasteiger partial charge on any atom is -0.337 e. The summed E-state index contributed by atoms with van der Waals surface area (Å²) in [6, 6.07) is 9.45. The van der Waals surface area contributed by atoms with Crippen molar-refractivity contribution in [2.75, 3.05) is 5.32 Å². The molecule has 38 heavy (non-hydrogen) atoms. The van der Waals surface area contributed by atoms with Crippen molar-refractivity contribution in [1.82, 2.24) is 35.1 Å². The number of imidazole rings is 1.